The van der Waals surface area contributed by atoms with Crippen LogP contribution in [0.3, 0.4) is 0 Å². The van der Waals surface area contributed by atoms with Gasteiger partial charge in [0, 0.05) is 22.4 Å². The topological polar surface area (TPSA) is 38.9 Å². The number of aromatic nitrogens is 1. The van der Waals surface area contributed by atoms with Gasteiger partial charge in [-0.2, -0.15) is 0 Å². The van der Waals surface area contributed by atoms with E-state index in [2.05, 4.69) is 4.98 Å². The number of hydrogen-bond donors (Lipinski definition) is 1. The van der Waals surface area contributed by atoms with Gasteiger partial charge in [0.05, 0.1) is 10.7 Å². The van der Waals surface area contributed by atoms with Crippen LogP contribution in [-0.4, -0.2) is 11.5 Å². The summed E-state index contributed by atoms with van der Waals surface area (Å²) < 4.78 is 0. The first kappa shape index (κ1) is 13.5. The molecule has 1 heterocycles. The van der Waals surface area contributed by atoms with Crippen molar-refractivity contribution < 1.29 is 0 Å². The zero-order chi connectivity index (χ0) is 10.7. The number of rotatable bonds is 3. The second kappa shape index (κ2) is 6.21. The van der Waals surface area contributed by atoms with Crippen molar-refractivity contribution in [2.45, 2.75) is 6.42 Å². The Kier molecular flexibility index (Phi) is 5.22. The molecule has 0 unspecified atom stereocenters. The summed E-state index contributed by atoms with van der Waals surface area (Å²) in [5.41, 5.74) is 7.57. The molecule has 0 radical (unpaired) electrons. The highest BCUT2D eigenvalue weighted by molar-refractivity contribution is 7.09. The monoisotopic (exact) mass is 274 g/mol. The van der Waals surface area contributed by atoms with Gasteiger partial charge >= 0.3 is 0 Å². The molecule has 0 bridgehead atoms. The molecule has 0 fully saturated rings. The largest absolute Gasteiger partial charge is 0.330 e. The quantitative estimate of drug-likeness (QED) is 0.932. The van der Waals surface area contributed by atoms with Gasteiger partial charge in [0.25, 0.3) is 0 Å². The van der Waals surface area contributed by atoms with Crippen LogP contribution in [0.25, 0.3) is 11.3 Å². The highest BCUT2D eigenvalue weighted by atomic mass is 35.5. The lowest BCUT2D eigenvalue weighted by Crippen LogP contribution is -2.01. The molecule has 2 nitrogen and oxygen atoms in total. The molecule has 2 aromatic rings. The molecule has 16 heavy (non-hydrogen) atoms. The molecule has 0 atom stereocenters. The van der Waals surface area contributed by atoms with Crippen LogP contribution in [0.15, 0.2) is 29.6 Å². The minimum atomic E-state index is 0. The second-order valence-corrected chi connectivity index (χ2v) is 4.55. The van der Waals surface area contributed by atoms with E-state index in [1.54, 1.807) is 11.3 Å². The first-order chi connectivity index (χ1) is 7.29. The number of nitrogens with two attached hydrogens (primary N) is 1. The van der Waals surface area contributed by atoms with E-state index in [1.165, 1.54) is 0 Å². The van der Waals surface area contributed by atoms with Crippen molar-refractivity contribution in [3.8, 4) is 11.3 Å². The molecule has 0 aliphatic carbocycles. The zero-order valence-corrected chi connectivity index (χ0v) is 10.9. The Labute approximate surface area is 110 Å². The van der Waals surface area contributed by atoms with Crippen LogP contribution in [-0.2, 0) is 6.42 Å². The summed E-state index contributed by atoms with van der Waals surface area (Å²) in [4.78, 5) is 4.50. The molecule has 0 spiro atoms. The molecule has 0 saturated carbocycles. The maximum absolute atomic E-state index is 5.82. The highest BCUT2D eigenvalue weighted by Gasteiger charge is 2.03. The molecule has 86 valence electrons. The highest BCUT2D eigenvalue weighted by Crippen LogP contribution is 2.23. The van der Waals surface area contributed by atoms with Crippen molar-refractivity contribution in [3.63, 3.8) is 0 Å². The van der Waals surface area contributed by atoms with Crippen LogP contribution < -0.4 is 5.73 Å². The molecule has 0 amide bonds. The Bertz CT molecular complexity index is 440. The van der Waals surface area contributed by atoms with Crippen LogP contribution in [0.2, 0.25) is 5.02 Å². The summed E-state index contributed by atoms with van der Waals surface area (Å²) in [5.74, 6) is 0. The lowest BCUT2D eigenvalue weighted by Gasteiger charge is -1.96. The average molecular weight is 275 g/mol. The summed E-state index contributed by atoms with van der Waals surface area (Å²) in [6.07, 6.45) is 0.845. The molecule has 0 aliphatic heterocycles. The first-order valence-electron chi connectivity index (χ1n) is 4.70. The van der Waals surface area contributed by atoms with Crippen LogP contribution in [0.1, 0.15) is 5.01 Å². The predicted molar refractivity (Wildman–Crippen MR) is 72.6 cm³/mol. The van der Waals surface area contributed by atoms with Crippen LogP contribution >= 0.6 is 35.3 Å². The summed E-state index contributed by atoms with van der Waals surface area (Å²) in [6.45, 7) is 0.646. The van der Waals surface area contributed by atoms with Gasteiger partial charge in [-0.1, -0.05) is 23.7 Å². The SMILES string of the molecule is Cl.NCCc1nc(-c2ccc(Cl)cc2)cs1. The maximum Gasteiger partial charge on any atom is 0.0945 e. The molecular formula is C11H12Cl2N2S. The fourth-order valence-corrected chi connectivity index (χ4v) is 2.25. The smallest absolute Gasteiger partial charge is 0.0945 e. The van der Waals surface area contributed by atoms with Gasteiger partial charge in [-0.05, 0) is 18.7 Å². The van der Waals surface area contributed by atoms with E-state index in [9.17, 15) is 0 Å². The van der Waals surface area contributed by atoms with Gasteiger partial charge in [-0.15, -0.1) is 23.7 Å². The van der Waals surface area contributed by atoms with Gasteiger partial charge in [-0.25, -0.2) is 4.98 Å². The third-order valence-electron chi connectivity index (χ3n) is 2.05. The number of benzene rings is 1. The van der Waals surface area contributed by atoms with Gasteiger partial charge in [0.1, 0.15) is 0 Å². The van der Waals surface area contributed by atoms with Crippen molar-refractivity contribution >= 4 is 35.3 Å². The third kappa shape index (κ3) is 3.19. The van der Waals surface area contributed by atoms with E-state index in [0.29, 0.717) is 6.54 Å². The molecule has 1 aromatic heterocycles. The lowest BCUT2D eigenvalue weighted by molar-refractivity contribution is 0.954. The molecule has 0 aliphatic rings. The Morgan fingerprint density at radius 2 is 1.94 bits per heavy atom. The lowest BCUT2D eigenvalue weighted by atomic mass is 10.2. The van der Waals surface area contributed by atoms with Gasteiger partial charge < -0.3 is 5.73 Å². The Balaban J connectivity index is 0.00000128. The Morgan fingerprint density at radius 3 is 2.56 bits per heavy atom. The fraction of sp³-hybridized carbons (Fsp3) is 0.182. The Morgan fingerprint density at radius 1 is 1.25 bits per heavy atom. The third-order valence-corrected chi connectivity index (χ3v) is 3.21. The van der Waals surface area contributed by atoms with E-state index in [0.717, 1.165) is 27.7 Å². The van der Waals surface area contributed by atoms with E-state index >= 15 is 0 Å². The summed E-state index contributed by atoms with van der Waals surface area (Å²) >= 11 is 7.47. The number of nitrogens with zero attached hydrogens (tertiary/aromatic N) is 1. The van der Waals surface area contributed by atoms with Gasteiger partial charge in [0.2, 0.25) is 0 Å². The number of hydrogen-bond acceptors (Lipinski definition) is 3. The van der Waals surface area contributed by atoms with Crippen molar-refractivity contribution in [2.75, 3.05) is 6.54 Å². The van der Waals surface area contributed by atoms with Crippen LogP contribution in [0.4, 0.5) is 0 Å². The minimum absolute atomic E-state index is 0. The van der Waals surface area contributed by atoms with E-state index in [1.807, 2.05) is 29.6 Å². The Hall–Kier alpha value is -0.610. The van der Waals surface area contributed by atoms with Crippen LogP contribution in [0, 0.1) is 0 Å². The molecule has 5 heteroatoms. The van der Waals surface area contributed by atoms with E-state index < -0.39 is 0 Å². The molecule has 0 saturated heterocycles. The fourth-order valence-electron chi connectivity index (χ4n) is 1.30. The molecule has 1 aromatic carbocycles. The summed E-state index contributed by atoms with van der Waals surface area (Å²) in [6, 6.07) is 7.70. The molecule has 2 rings (SSSR count). The van der Waals surface area contributed by atoms with Crippen molar-refractivity contribution in [3.05, 3.63) is 39.7 Å². The van der Waals surface area contributed by atoms with Crippen LogP contribution in [0.5, 0.6) is 0 Å². The number of halogens is 2. The van der Waals surface area contributed by atoms with E-state index in [4.69, 9.17) is 17.3 Å². The maximum atomic E-state index is 5.82. The summed E-state index contributed by atoms with van der Waals surface area (Å²) in [7, 11) is 0. The summed E-state index contributed by atoms with van der Waals surface area (Å²) in [5, 5.41) is 3.88. The predicted octanol–water partition coefficient (Wildman–Crippen LogP) is 3.39. The number of thiazole rings is 1. The minimum Gasteiger partial charge on any atom is -0.330 e. The van der Waals surface area contributed by atoms with Gasteiger partial charge in [-0.3, -0.25) is 0 Å². The van der Waals surface area contributed by atoms with E-state index in [-0.39, 0.29) is 12.4 Å². The second-order valence-electron chi connectivity index (χ2n) is 3.17. The molecule has 2 N–H and O–H groups in total. The van der Waals surface area contributed by atoms with Gasteiger partial charge in [0.15, 0.2) is 0 Å². The first-order valence-corrected chi connectivity index (χ1v) is 5.96. The van der Waals surface area contributed by atoms with Crippen molar-refractivity contribution in [1.29, 1.82) is 0 Å². The normalized spacial score (nSPS) is 9.88. The standard InChI is InChI=1S/C11H11ClN2S.ClH/c12-9-3-1-8(2-4-9)10-7-15-11(14-10)5-6-13;/h1-4,7H,5-6,13H2;1H. The zero-order valence-electron chi connectivity index (χ0n) is 8.52. The van der Waals surface area contributed by atoms with Crippen molar-refractivity contribution in [1.82, 2.24) is 4.98 Å². The average Bonchev–Trinajstić information content (AvgIpc) is 2.68. The molecular weight excluding hydrogens is 263 g/mol. The van der Waals surface area contributed by atoms with Crippen molar-refractivity contribution in [2.24, 2.45) is 5.73 Å².